The average molecular weight is 342 g/mol. The van der Waals surface area contributed by atoms with E-state index in [-0.39, 0.29) is 0 Å². The van der Waals surface area contributed by atoms with Crippen LogP contribution in [0.15, 0.2) is 45.6 Å². The maximum atomic E-state index is 4.02. The van der Waals surface area contributed by atoms with Gasteiger partial charge in [-0.3, -0.25) is 4.98 Å². The lowest BCUT2D eigenvalue weighted by atomic mass is 10.2. The molecule has 1 heterocycles. The van der Waals surface area contributed by atoms with Crippen LogP contribution in [-0.4, -0.2) is 4.98 Å². The van der Waals surface area contributed by atoms with Gasteiger partial charge in [0, 0.05) is 22.6 Å². The molecule has 4 heteroatoms. The van der Waals surface area contributed by atoms with Crippen LogP contribution < -0.4 is 5.32 Å². The lowest BCUT2D eigenvalue weighted by Crippen LogP contribution is -1.92. The third-order valence-electron chi connectivity index (χ3n) is 2.21. The van der Waals surface area contributed by atoms with Crippen molar-refractivity contribution in [1.29, 1.82) is 0 Å². The zero-order valence-electron chi connectivity index (χ0n) is 8.67. The molecule has 0 saturated carbocycles. The SMILES string of the molecule is Cc1cc(Nc2ccncc2Br)ccc1Br. The van der Waals surface area contributed by atoms with E-state index >= 15 is 0 Å². The van der Waals surface area contributed by atoms with Crippen molar-refractivity contribution in [2.45, 2.75) is 6.92 Å². The highest BCUT2D eigenvalue weighted by Gasteiger charge is 2.01. The molecular formula is C12H10Br2N2. The third kappa shape index (κ3) is 2.62. The topological polar surface area (TPSA) is 24.9 Å². The summed E-state index contributed by atoms with van der Waals surface area (Å²) in [6, 6.07) is 8.09. The number of halogens is 2. The van der Waals surface area contributed by atoms with Gasteiger partial charge in [-0.1, -0.05) is 15.9 Å². The van der Waals surface area contributed by atoms with E-state index in [1.807, 2.05) is 18.2 Å². The summed E-state index contributed by atoms with van der Waals surface area (Å²) in [4.78, 5) is 4.02. The van der Waals surface area contributed by atoms with Crippen LogP contribution in [0.1, 0.15) is 5.56 Å². The first-order chi connectivity index (χ1) is 7.66. The van der Waals surface area contributed by atoms with Crippen LogP contribution in [0.4, 0.5) is 11.4 Å². The summed E-state index contributed by atoms with van der Waals surface area (Å²) in [6.07, 6.45) is 3.53. The average Bonchev–Trinajstić information content (AvgIpc) is 2.27. The molecule has 2 nitrogen and oxygen atoms in total. The van der Waals surface area contributed by atoms with Crippen molar-refractivity contribution < 1.29 is 0 Å². The fourth-order valence-electron chi connectivity index (χ4n) is 1.35. The number of pyridine rings is 1. The molecule has 2 rings (SSSR count). The zero-order chi connectivity index (χ0) is 11.5. The minimum absolute atomic E-state index is 0.954. The molecule has 0 atom stereocenters. The van der Waals surface area contributed by atoms with Gasteiger partial charge in [-0.2, -0.15) is 0 Å². The number of anilines is 2. The van der Waals surface area contributed by atoms with Gasteiger partial charge < -0.3 is 5.32 Å². The van der Waals surface area contributed by atoms with Crippen LogP contribution in [0.25, 0.3) is 0 Å². The molecule has 0 amide bonds. The van der Waals surface area contributed by atoms with Crippen molar-refractivity contribution >= 4 is 43.2 Å². The predicted octanol–water partition coefficient (Wildman–Crippen LogP) is 4.66. The number of aryl methyl sites for hydroxylation is 1. The molecule has 0 saturated heterocycles. The summed E-state index contributed by atoms with van der Waals surface area (Å²) in [6.45, 7) is 2.07. The molecule has 0 aliphatic heterocycles. The van der Waals surface area contributed by atoms with E-state index in [9.17, 15) is 0 Å². The van der Waals surface area contributed by atoms with Crippen LogP contribution in [0.3, 0.4) is 0 Å². The van der Waals surface area contributed by atoms with E-state index < -0.39 is 0 Å². The maximum absolute atomic E-state index is 4.02. The monoisotopic (exact) mass is 340 g/mol. The van der Waals surface area contributed by atoms with Crippen LogP contribution in [0, 0.1) is 6.92 Å². The number of hydrogen-bond acceptors (Lipinski definition) is 2. The highest BCUT2D eigenvalue weighted by molar-refractivity contribution is 9.10. The van der Waals surface area contributed by atoms with Gasteiger partial charge in [0.1, 0.15) is 0 Å². The quantitative estimate of drug-likeness (QED) is 0.859. The molecule has 0 spiro atoms. The lowest BCUT2D eigenvalue weighted by Gasteiger charge is -2.09. The first-order valence-corrected chi connectivity index (χ1v) is 6.38. The fraction of sp³-hybridized carbons (Fsp3) is 0.0833. The Morgan fingerprint density at radius 2 is 1.94 bits per heavy atom. The minimum atomic E-state index is 0.954. The van der Waals surface area contributed by atoms with E-state index in [1.165, 1.54) is 5.56 Å². The maximum Gasteiger partial charge on any atom is 0.0593 e. The van der Waals surface area contributed by atoms with E-state index in [2.05, 4.69) is 55.2 Å². The lowest BCUT2D eigenvalue weighted by molar-refractivity contribution is 1.30. The highest BCUT2D eigenvalue weighted by Crippen LogP contribution is 2.26. The Hall–Kier alpha value is -0.870. The number of rotatable bonds is 2. The van der Waals surface area contributed by atoms with Gasteiger partial charge in [-0.05, 0) is 52.7 Å². The molecule has 82 valence electrons. The molecule has 0 aliphatic rings. The normalized spacial score (nSPS) is 10.2. The van der Waals surface area contributed by atoms with Gasteiger partial charge in [0.05, 0.1) is 10.2 Å². The molecule has 0 fully saturated rings. The van der Waals surface area contributed by atoms with E-state index in [1.54, 1.807) is 12.4 Å². The Bertz CT molecular complexity index is 512. The highest BCUT2D eigenvalue weighted by atomic mass is 79.9. The van der Waals surface area contributed by atoms with Crippen molar-refractivity contribution in [3.63, 3.8) is 0 Å². The van der Waals surface area contributed by atoms with Crippen molar-refractivity contribution in [1.82, 2.24) is 4.98 Å². The standard InChI is InChI=1S/C12H10Br2N2/c1-8-6-9(2-3-10(8)13)16-12-4-5-15-7-11(12)14/h2-7H,1H3,(H,15,16). The first-order valence-electron chi connectivity index (χ1n) is 4.79. The molecule has 2 aromatic rings. The summed E-state index contributed by atoms with van der Waals surface area (Å²) < 4.78 is 2.07. The first kappa shape index (κ1) is 11.6. The Kier molecular flexibility index (Phi) is 3.61. The van der Waals surface area contributed by atoms with Crippen LogP contribution in [0.2, 0.25) is 0 Å². The number of aromatic nitrogens is 1. The molecule has 16 heavy (non-hydrogen) atoms. The number of nitrogens with zero attached hydrogens (tertiary/aromatic N) is 1. The van der Waals surface area contributed by atoms with Gasteiger partial charge >= 0.3 is 0 Å². The van der Waals surface area contributed by atoms with E-state index in [4.69, 9.17) is 0 Å². The number of hydrogen-bond donors (Lipinski definition) is 1. The largest absolute Gasteiger partial charge is 0.355 e. The van der Waals surface area contributed by atoms with Crippen molar-refractivity contribution in [3.05, 3.63) is 51.2 Å². The van der Waals surface area contributed by atoms with Crippen molar-refractivity contribution in [2.24, 2.45) is 0 Å². The van der Waals surface area contributed by atoms with E-state index in [0.717, 1.165) is 20.3 Å². The summed E-state index contributed by atoms with van der Waals surface area (Å²) in [5.74, 6) is 0. The molecule has 1 aromatic heterocycles. The number of nitrogens with one attached hydrogen (secondary N) is 1. The Morgan fingerprint density at radius 3 is 2.62 bits per heavy atom. The Balaban J connectivity index is 2.28. The molecule has 1 N–H and O–H groups in total. The summed E-state index contributed by atoms with van der Waals surface area (Å²) in [5, 5.41) is 3.33. The Morgan fingerprint density at radius 1 is 1.12 bits per heavy atom. The second-order valence-electron chi connectivity index (χ2n) is 3.44. The van der Waals surface area contributed by atoms with Gasteiger partial charge in [0.25, 0.3) is 0 Å². The second kappa shape index (κ2) is 4.97. The minimum Gasteiger partial charge on any atom is -0.355 e. The van der Waals surface area contributed by atoms with Gasteiger partial charge in [0.15, 0.2) is 0 Å². The summed E-state index contributed by atoms with van der Waals surface area (Å²) in [7, 11) is 0. The molecule has 1 aromatic carbocycles. The summed E-state index contributed by atoms with van der Waals surface area (Å²) in [5.41, 5.74) is 3.28. The molecule has 0 unspecified atom stereocenters. The van der Waals surface area contributed by atoms with Crippen molar-refractivity contribution in [2.75, 3.05) is 5.32 Å². The van der Waals surface area contributed by atoms with Crippen LogP contribution >= 0.6 is 31.9 Å². The van der Waals surface area contributed by atoms with Gasteiger partial charge in [0.2, 0.25) is 0 Å². The predicted molar refractivity (Wildman–Crippen MR) is 74.1 cm³/mol. The van der Waals surface area contributed by atoms with Crippen LogP contribution in [-0.2, 0) is 0 Å². The van der Waals surface area contributed by atoms with E-state index in [0.29, 0.717) is 0 Å². The van der Waals surface area contributed by atoms with Gasteiger partial charge in [-0.15, -0.1) is 0 Å². The zero-order valence-corrected chi connectivity index (χ0v) is 11.8. The number of benzene rings is 1. The second-order valence-corrected chi connectivity index (χ2v) is 5.15. The van der Waals surface area contributed by atoms with Crippen LogP contribution in [0.5, 0.6) is 0 Å². The van der Waals surface area contributed by atoms with Gasteiger partial charge in [-0.25, -0.2) is 0 Å². The summed E-state index contributed by atoms with van der Waals surface area (Å²) >= 11 is 6.93. The third-order valence-corrected chi connectivity index (χ3v) is 3.73. The molecule has 0 aliphatic carbocycles. The molecular weight excluding hydrogens is 332 g/mol. The smallest absolute Gasteiger partial charge is 0.0593 e. The molecule has 0 bridgehead atoms. The molecule has 0 radical (unpaired) electrons. The Labute approximate surface area is 111 Å². The fourth-order valence-corrected chi connectivity index (χ4v) is 1.95. The van der Waals surface area contributed by atoms with Crippen molar-refractivity contribution in [3.8, 4) is 0 Å².